The number of benzene rings is 2. The maximum Gasteiger partial charge on any atom is 0.251 e. The molecule has 1 N–H and O–H groups in total. The van der Waals surface area contributed by atoms with E-state index in [4.69, 9.17) is 14.2 Å². The quantitative estimate of drug-likeness (QED) is 0.775. The molecule has 2 aromatic carbocycles. The zero-order valence-electron chi connectivity index (χ0n) is 16.9. The van der Waals surface area contributed by atoms with Crippen molar-refractivity contribution in [1.29, 1.82) is 0 Å². The largest absolute Gasteiger partial charge is 0.497 e. The Kier molecular flexibility index (Phi) is 6.72. The van der Waals surface area contributed by atoms with Crippen LogP contribution < -0.4 is 14.8 Å². The van der Waals surface area contributed by atoms with Gasteiger partial charge in [0, 0.05) is 18.2 Å². The summed E-state index contributed by atoms with van der Waals surface area (Å²) in [5.41, 5.74) is 1.66. The number of methoxy groups -OCH3 is 2. The molecule has 2 amide bonds. The highest BCUT2D eigenvalue weighted by atomic mass is 16.5. The van der Waals surface area contributed by atoms with Crippen molar-refractivity contribution in [3.8, 4) is 11.5 Å². The summed E-state index contributed by atoms with van der Waals surface area (Å²) in [5.74, 6) is 0.863. The molecule has 7 heteroatoms. The van der Waals surface area contributed by atoms with Gasteiger partial charge in [-0.1, -0.05) is 30.3 Å². The predicted molar refractivity (Wildman–Crippen MR) is 108 cm³/mol. The molecule has 0 bridgehead atoms. The highest BCUT2D eigenvalue weighted by molar-refractivity contribution is 5.86. The third-order valence-corrected chi connectivity index (χ3v) is 4.91. The van der Waals surface area contributed by atoms with Crippen LogP contribution in [0.1, 0.15) is 24.1 Å². The molecule has 2 aromatic rings. The lowest BCUT2D eigenvalue weighted by Gasteiger charge is -2.40. The Labute approximate surface area is 170 Å². The Morgan fingerprint density at radius 2 is 1.93 bits per heavy atom. The lowest BCUT2D eigenvalue weighted by Crippen LogP contribution is -2.54. The van der Waals surface area contributed by atoms with Crippen molar-refractivity contribution in [2.45, 2.75) is 25.6 Å². The molecule has 1 heterocycles. The molecular weight excluding hydrogens is 372 g/mol. The Bertz CT molecular complexity index is 856. The van der Waals surface area contributed by atoms with Gasteiger partial charge in [0.1, 0.15) is 18.1 Å². The minimum Gasteiger partial charge on any atom is -0.497 e. The normalized spacial score (nSPS) is 19.0. The number of hydrogen-bond acceptors (Lipinski definition) is 5. The van der Waals surface area contributed by atoms with Gasteiger partial charge in [0.25, 0.3) is 5.91 Å². The summed E-state index contributed by atoms with van der Waals surface area (Å²) in [7, 11) is 3.16. The molecule has 1 aliphatic rings. The second kappa shape index (κ2) is 9.43. The molecule has 3 rings (SSSR count). The molecule has 154 valence electrons. The number of carbonyl (C=O) groups excluding carboxylic acids is 2. The number of likely N-dealkylation sites (N-methyl/N-ethyl adjacent to an activating group) is 1. The average Bonchev–Trinajstić information content (AvgIpc) is 2.75. The van der Waals surface area contributed by atoms with Gasteiger partial charge in [0.2, 0.25) is 5.91 Å². The first-order valence-electron chi connectivity index (χ1n) is 9.53. The van der Waals surface area contributed by atoms with Gasteiger partial charge in [0.15, 0.2) is 6.10 Å². The van der Waals surface area contributed by atoms with Gasteiger partial charge in [0.05, 0.1) is 26.8 Å². The Balaban J connectivity index is 1.99. The number of hydrogen-bond donors (Lipinski definition) is 1. The third-order valence-electron chi connectivity index (χ3n) is 4.91. The maximum atomic E-state index is 12.8. The standard InChI is InChI=1S/C22H26N2O5/c1-4-23-22(26)21-20(15-8-6-5-7-9-15)24(19(25)14-29-21)13-16-10-11-17(27-2)12-18(16)28-3/h5-12,20-21H,4,13-14H2,1-3H3,(H,23,26). The number of carbonyl (C=O) groups is 2. The Morgan fingerprint density at radius 3 is 2.59 bits per heavy atom. The van der Waals surface area contributed by atoms with E-state index in [1.165, 1.54) is 0 Å². The fraction of sp³-hybridized carbons (Fsp3) is 0.364. The van der Waals surface area contributed by atoms with Crippen LogP contribution in [-0.2, 0) is 20.9 Å². The minimum atomic E-state index is -0.792. The van der Waals surface area contributed by atoms with E-state index in [2.05, 4.69) is 5.32 Å². The van der Waals surface area contributed by atoms with E-state index >= 15 is 0 Å². The topological polar surface area (TPSA) is 77.1 Å². The van der Waals surface area contributed by atoms with E-state index in [9.17, 15) is 9.59 Å². The van der Waals surface area contributed by atoms with Crippen molar-refractivity contribution in [3.63, 3.8) is 0 Å². The fourth-order valence-corrected chi connectivity index (χ4v) is 3.51. The first kappa shape index (κ1) is 20.7. The van der Waals surface area contributed by atoms with Gasteiger partial charge in [-0.05, 0) is 24.6 Å². The summed E-state index contributed by atoms with van der Waals surface area (Å²) >= 11 is 0. The van der Waals surface area contributed by atoms with Crippen LogP contribution in [0, 0.1) is 0 Å². The van der Waals surface area contributed by atoms with E-state index in [-0.39, 0.29) is 25.0 Å². The van der Waals surface area contributed by atoms with Crippen LogP contribution in [0.5, 0.6) is 11.5 Å². The van der Waals surface area contributed by atoms with Crippen LogP contribution in [0.3, 0.4) is 0 Å². The molecule has 7 nitrogen and oxygen atoms in total. The van der Waals surface area contributed by atoms with Gasteiger partial charge in [-0.2, -0.15) is 0 Å². The molecule has 2 atom stereocenters. The molecule has 0 aliphatic carbocycles. The lowest BCUT2D eigenvalue weighted by atomic mass is 9.96. The monoisotopic (exact) mass is 398 g/mol. The van der Waals surface area contributed by atoms with Gasteiger partial charge >= 0.3 is 0 Å². The van der Waals surface area contributed by atoms with Crippen molar-refractivity contribution >= 4 is 11.8 Å². The van der Waals surface area contributed by atoms with Crippen molar-refractivity contribution in [2.24, 2.45) is 0 Å². The molecular formula is C22H26N2O5. The number of rotatable bonds is 7. The minimum absolute atomic E-state index is 0.149. The van der Waals surface area contributed by atoms with Gasteiger partial charge in [-0.3, -0.25) is 9.59 Å². The molecule has 29 heavy (non-hydrogen) atoms. The second-order valence-corrected chi connectivity index (χ2v) is 6.68. The molecule has 1 aliphatic heterocycles. The first-order valence-corrected chi connectivity index (χ1v) is 9.53. The van der Waals surface area contributed by atoms with Crippen LogP contribution in [0.4, 0.5) is 0 Å². The van der Waals surface area contributed by atoms with Crippen LogP contribution in [0.15, 0.2) is 48.5 Å². The van der Waals surface area contributed by atoms with Crippen molar-refractivity contribution in [1.82, 2.24) is 10.2 Å². The SMILES string of the molecule is CCNC(=O)C1OCC(=O)N(Cc2ccc(OC)cc2OC)C1c1ccccc1. The molecule has 0 saturated carbocycles. The maximum absolute atomic E-state index is 12.8. The van der Waals surface area contributed by atoms with Crippen LogP contribution in [0.2, 0.25) is 0 Å². The highest BCUT2D eigenvalue weighted by Crippen LogP contribution is 2.34. The van der Waals surface area contributed by atoms with Crippen LogP contribution in [-0.4, -0.2) is 50.2 Å². The highest BCUT2D eigenvalue weighted by Gasteiger charge is 2.41. The second-order valence-electron chi connectivity index (χ2n) is 6.68. The van der Waals surface area contributed by atoms with Gasteiger partial charge in [-0.15, -0.1) is 0 Å². The smallest absolute Gasteiger partial charge is 0.251 e. The lowest BCUT2D eigenvalue weighted by molar-refractivity contribution is -0.165. The number of nitrogens with zero attached hydrogens (tertiary/aromatic N) is 1. The summed E-state index contributed by atoms with van der Waals surface area (Å²) in [6, 6.07) is 14.4. The molecule has 0 spiro atoms. The number of nitrogens with one attached hydrogen (secondary N) is 1. The summed E-state index contributed by atoms with van der Waals surface area (Å²) in [5, 5.41) is 2.81. The molecule has 1 fully saturated rings. The van der Waals surface area contributed by atoms with E-state index in [1.54, 1.807) is 25.2 Å². The van der Waals surface area contributed by atoms with Gasteiger partial charge in [-0.25, -0.2) is 0 Å². The van der Waals surface area contributed by atoms with E-state index < -0.39 is 12.1 Å². The number of morpholine rings is 1. The van der Waals surface area contributed by atoms with Crippen molar-refractivity contribution in [3.05, 3.63) is 59.7 Å². The summed E-state index contributed by atoms with van der Waals surface area (Å²) < 4.78 is 16.4. The van der Waals surface area contributed by atoms with Crippen LogP contribution >= 0.6 is 0 Å². The van der Waals surface area contributed by atoms with Crippen molar-refractivity contribution in [2.75, 3.05) is 27.4 Å². The zero-order chi connectivity index (χ0) is 20.8. The molecule has 2 unspecified atom stereocenters. The van der Waals surface area contributed by atoms with E-state index in [0.717, 1.165) is 11.1 Å². The first-order chi connectivity index (χ1) is 14.1. The fourth-order valence-electron chi connectivity index (χ4n) is 3.51. The third kappa shape index (κ3) is 4.51. The van der Waals surface area contributed by atoms with Gasteiger partial charge < -0.3 is 24.4 Å². The van der Waals surface area contributed by atoms with E-state index in [0.29, 0.717) is 18.0 Å². The predicted octanol–water partition coefficient (Wildman–Crippen LogP) is 2.31. The Morgan fingerprint density at radius 1 is 1.17 bits per heavy atom. The zero-order valence-corrected chi connectivity index (χ0v) is 16.9. The van der Waals surface area contributed by atoms with Crippen molar-refractivity contribution < 1.29 is 23.8 Å². The molecule has 0 aromatic heterocycles. The summed E-state index contributed by atoms with van der Waals surface area (Å²) in [6.45, 7) is 2.47. The van der Waals surface area contributed by atoms with Crippen LogP contribution in [0.25, 0.3) is 0 Å². The molecule has 0 radical (unpaired) electrons. The Hall–Kier alpha value is -3.06. The van der Waals surface area contributed by atoms with E-state index in [1.807, 2.05) is 49.4 Å². The average molecular weight is 398 g/mol. The summed E-state index contributed by atoms with van der Waals surface area (Å²) in [6.07, 6.45) is -0.792. The number of ether oxygens (including phenoxy) is 3. The molecule has 1 saturated heterocycles. The number of amides is 2. The summed E-state index contributed by atoms with van der Waals surface area (Å²) in [4.78, 5) is 27.2.